The molecule has 3 aromatic rings. The van der Waals surface area contributed by atoms with Crippen LogP contribution in [0.4, 0.5) is 24.5 Å². The Kier molecular flexibility index (Phi) is 6.49. The Morgan fingerprint density at radius 1 is 1.05 bits per heavy atom. The molecule has 38 heavy (non-hydrogen) atoms. The maximum atomic E-state index is 13.7. The molecule has 0 fully saturated rings. The van der Waals surface area contributed by atoms with Gasteiger partial charge in [0.1, 0.15) is 11.8 Å². The highest BCUT2D eigenvalue weighted by molar-refractivity contribution is 7.89. The van der Waals surface area contributed by atoms with Crippen LogP contribution in [0.3, 0.4) is 0 Å². The van der Waals surface area contributed by atoms with Gasteiger partial charge >= 0.3 is 6.18 Å². The molecule has 12 heteroatoms. The Morgan fingerprint density at radius 3 is 2.53 bits per heavy atom. The maximum absolute atomic E-state index is 13.7. The van der Waals surface area contributed by atoms with E-state index in [2.05, 4.69) is 5.10 Å². The third kappa shape index (κ3) is 4.77. The molecule has 1 unspecified atom stereocenters. The summed E-state index contributed by atoms with van der Waals surface area (Å²) in [6.07, 6.45) is -4.80. The first-order valence-corrected chi connectivity index (χ1v) is 13.3. The van der Waals surface area contributed by atoms with Gasteiger partial charge < -0.3 is 10.6 Å². The molecule has 2 heterocycles. The number of rotatable bonds is 5. The maximum Gasteiger partial charge on any atom is 0.431 e. The smallest absolute Gasteiger partial charge is 0.326 e. The first-order chi connectivity index (χ1) is 18.0. The highest BCUT2D eigenvalue weighted by atomic mass is 32.2. The molecule has 8 nitrogen and oxygen atoms in total. The molecule has 0 saturated carbocycles. The van der Waals surface area contributed by atoms with E-state index in [1.807, 2.05) is 0 Å². The Hall–Kier alpha value is -3.74. The Labute approximate surface area is 217 Å². The van der Waals surface area contributed by atoms with Crippen LogP contribution >= 0.6 is 0 Å². The third-order valence-electron chi connectivity index (χ3n) is 6.68. The summed E-state index contributed by atoms with van der Waals surface area (Å²) in [4.78, 5) is 15.1. The predicted octanol–water partition coefficient (Wildman–Crippen LogP) is 3.55. The summed E-state index contributed by atoms with van der Waals surface area (Å²) < 4.78 is 65.0. The van der Waals surface area contributed by atoms with Crippen LogP contribution in [0.25, 0.3) is 11.1 Å². The number of primary sulfonamides is 1. The number of benzene rings is 3. The number of hydrogen-bond donors (Lipinski definition) is 2. The molecule has 198 valence electrons. The van der Waals surface area contributed by atoms with Gasteiger partial charge in [0.05, 0.1) is 10.6 Å². The first-order valence-electron chi connectivity index (χ1n) is 11.8. The van der Waals surface area contributed by atoms with Gasteiger partial charge in [-0.1, -0.05) is 36.4 Å². The van der Waals surface area contributed by atoms with Gasteiger partial charge in [-0.15, -0.1) is 0 Å². The number of fused-ring (bicyclic) bond motifs is 1. The van der Waals surface area contributed by atoms with Crippen LogP contribution in [0.1, 0.15) is 17.5 Å². The van der Waals surface area contributed by atoms with Crippen LogP contribution in [-0.4, -0.2) is 38.8 Å². The van der Waals surface area contributed by atoms with Crippen molar-refractivity contribution in [3.8, 4) is 11.1 Å². The van der Waals surface area contributed by atoms with E-state index in [9.17, 15) is 26.4 Å². The molecular weight excluding hydrogens is 519 g/mol. The zero-order chi connectivity index (χ0) is 27.2. The minimum Gasteiger partial charge on any atom is -0.326 e. The van der Waals surface area contributed by atoms with Crippen molar-refractivity contribution in [1.29, 1.82) is 0 Å². The minimum absolute atomic E-state index is 0.0241. The highest BCUT2D eigenvalue weighted by Gasteiger charge is 2.47. The van der Waals surface area contributed by atoms with Gasteiger partial charge in [0, 0.05) is 30.8 Å². The average molecular weight is 544 g/mol. The zero-order valence-electron chi connectivity index (χ0n) is 20.0. The fourth-order valence-corrected chi connectivity index (χ4v) is 5.63. The molecule has 3 aromatic carbocycles. The number of halogens is 3. The van der Waals surface area contributed by atoms with Crippen molar-refractivity contribution in [3.05, 3.63) is 77.9 Å². The fraction of sp³-hybridized carbons (Fsp3) is 0.231. The first kappa shape index (κ1) is 25.9. The van der Waals surface area contributed by atoms with E-state index in [0.717, 1.165) is 10.6 Å². The molecule has 0 aromatic heterocycles. The van der Waals surface area contributed by atoms with E-state index < -0.39 is 40.3 Å². The summed E-state index contributed by atoms with van der Waals surface area (Å²) >= 11 is 0. The summed E-state index contributed by atoms with van der Waals surface area (Å²) in [6.45, 7) is 0.454. The van der Waals surface area contributed by atoms with Gasteiger partial charge in [0.15, 0.2) is 0 Å². The van der Waals surface area contributed by atoms with Crippen molar-refractivity contribution < 1.29 is 26.4 Å². The van der Waals surface area contributed by atoms with Gasteiger partial charge in [-0.25, -0.2) is 13.6 Å². The largest absolute Gasteiger partial charge is 0.431 e. The summed E-state index contributed by atoms with van der Waals surface area (Å²) in [5, 5.41) is 10.3. The molecule has 1 atom stereocenters. The monoisotopic (exact) mass is 543 g/mol. The van der Waals surface area contributed by atoms with Gasteiger partial charge in [0.25, 0.3) is 5.91 Å². The van der Waals surface area contributed by atoms with Crippen LogP contribution < -0.4 is 20.8 Å². The van der Waals surface area contributed by atoms with Gasteiger partial charge in [0.2, 0.25) is 10.0 Å². The quantitative estimate of drug-likeness (QED) is 0.510. The molecule has 4 N–H and O–H groups in total. The van der Waals surface area contributed by atoms with Gasteiger partial charge in [-0.3, -0.25) is 9.80 Å². The second kappa shape index (κ2) is 9.53. The molecule has 0 bridgehead atoms. The van der Waals surface area contributed by atoms with Gasteiger partial charge in [-0.05, 0) is 53.4 Å². The molecule has 0 aliphatic carbocycles. The summed E-state index contributed by atoms with van der Waals surface area (Å²) in [5.41, 5.74) is 8.07. The van der Waals surface area contributed by atoms with Crippen molar-refractivity contribution in [2.45, 2.75) is 36.5 Å². The van der Waals surface area contributed by atoms with E-state index in [4.69, 9.17) is 10.9 Å². The number of hydrogen-bond acceptors (Lipinski definition) is 6. The number of sulfonamides is 1. The highest BCUT2D eigenvalue weighted by Crippen LogP contribution is 2.37. The number of amides is 1. The van der Waals surface area contributed by atoms with E-state index in [1.165, 1.54) is 11.0 Å². The van der Waals surface area contributed by atoms with Crippen molar-refractivity contribution >= 4 is 33.0 Å². The van der Waals surface area contributed by atoms with Crippen LogP contribution in [0, 0.1) is 0 Å². The molecule has 0 spiro atoms. The number of nitrogens with two attached hydrogens (primary N) is 2. The topological polar surface area (TPSA) is 122 Å². The lowest BCUT2D eigenvalue weighted by molar-refractivity contribution is -0.119. The molecule has 0 saturated heterocycles. The second-order valence-electron chi connectivity index (χ2n) is 9.11. The number of carbonyl (C=O) groups excluding carboxylic acids is 1. The number of hydrazone groups is 1. The minimum atomic E-state index is -4.67. The SMILES string of the molecule is NCc1cccc(N2N=C(C(F)(F)F)CC2C(=O)N2CCc3cc(-c4ccccc4S(N)(=O)=O)ccc32)c1. The van der Waals surface area contributed by atoms with E-state index in [-0.39, 0.29) is 18.0 Å². The lowest BCUT2D eigenvalue weighted by Gasteiger charge is -2.28. The van der Waals surface area contributed by atoms with Crippen molar-refractivity contribution in [2.75, 3.05) is 16.5 Å². The van der Waals surface area contributed by atoms with Crippen LogP contribution in [0.15, 0.2) is 76.7 Å². The predicted molar refractivity (Wildman–Crippen MR) is 138 cm³/mol. The Morgan fingerprint density at radius 2 is 1.82 bits per heavy atom. The normalized spacial score (nSPS) is 17.5. The average Bonchev–Trinajstić information content (AvgIpc) is 3.53. The van der Waals surface area contributed by atoms with Crippen LogP contribution in [-0.2, 0) is 27.8 Å². The number of nitrogens with zero attached hydrogens (tertiary/aromatic N) is 3. The van der Waals surface area contributed by atoms with Gasteiger partial charge in [-0.2, -0.15) is 18.3 Å². The van der Waals surface area contributed by atoms with Crippen molar-refractivity contribution in [3.63, 3.8) is 0 Å². The standard InChI is InChI=1S/C26H24F3N5O3S/c27-26(28,29)24-14-22(34(32-24)19-5-3-4-16(12-19)15-30)25(35)33-11-10-18-13-17(8-9-21(18)33)20-6-1-2-7-23(20)38(31,36)37/h1-9,12-13,22H,10-11,14-15,30H2,(H2,31,36,37). The molecule has 5 rings (SSSR count). The van der Waals surface area contributed by atoms with Crippen molar-refractivity contribution in [1.82, 2.24) is 0 Å². The molecular formula is C26H24F3N5O3S. The third-order valence-corrected chi connectivity index (χ3v) is 7.65. The van der Waals surface area contributed by atoms with E-state index in [1.54, 1.807) is 60.7 Å². The molecule has 0 radical (unpaired) electrons. The number of anilines is 2. The van der Waals surface area contributed by atoms with Crippen molar-refractivity contribution in [2.24, 2.45) is 16.0 Å². The second-order valence-corrected chi connectivity index (χ2v) is 10.6. The molecule has 2 aliphatic rings. The fourth-order valence-electron chi connectivity index (χ4n) is 4.87. The van der Waals surface area contributed by atoms with Crippen LogP contribution in [0.2, 0.25) is 0 Å². The number of alkyl halides is 3. The zero-order valence-corrected chi connectivity index (χ0v) is 20.8. The van der Waals surface area contributed by atoms with E-state index >= 15 is 0 Å². The summed E-state index contributed by atoms with van der Waals surface area (Å²) in [7, 11) is -3.97. The van der Waals surface area contributed by atoms with Crippen LogP contribution in [0.5, 0.6) is 0 Å². The molecule has 1 amide bonds. The number of carbonyl (C=O) groups is 1. The Balaban J connectivity index is 1.48. The Bertz CT molecular complexity index is 1560. The summed E-state index contributed by atoms with van der Waals surface area (Å²) in [6, 6.07) is 16.9. The molecule has 2 aliphatic heterocycles. The lowest BCUT2D eigenvalue weighted by Crippen LogP contribution is -2.45. The lowest BCUT2D eigenvalue weighted by atomic mass is 10.0. The summed E-state index contributed by atoms with van der Waals surface area (Å²) in [5.74, 6) is -0.511. The van der Waals surface area contributed by atoms with E-state index in [0.29, 0.717) is 34.5 Å².